The molecule has 7 heavy (non-hydrogen) atoms. The van der Waals surface area contributed by atoms with E-state index in [1.54, 1.807) is 0 Å². The van der Waals surface area contributed by atoms with Crippen molar-refractivity contribution in [1.29, 1.82) is 0 Å². The Labute approximate surface area is 44.4 Å². The lowest BCUT2D eigenvalue weighted by Gasteiger charge is -2.08. The summed E-state index contributed by atoms with van der Waals surface area (Å²) in [7, 11) is 0. The van der Waals surface area contributed by atoms with Crippen LogP contribution in [0.3, 0.4) is 0 Å². The maximum Gasteiger partial charge on any atom is 0.0466 e. The van der Waals surface area contributed by atoms with Gasteiger partial charge in [-0.05, 0) is 19.3 Å². The first-order chi connectivity index (χ1) is 3.00. The Balaban J connectivity index is 0.000000360. The summed E-state index contributed by atoms with van der Waals surface area (Å²) in [6, 6.07) is 0. The molecule has 0 aromatic rings. The molecule has 2 nitrogen and oxygen atoms in total. The van der Waals surface area contributed by atoms with Gasteiger partial charge in [-0.3, -0.25) is 0 Å². The first kappa shape index (κ1) is 6.92. The van der Waals surface area contributed by atoms with Gasteiger partial charge in [0.15, 0.2) is 0 Å². The van der Waals surface area contributed by atoms with E-state index in [1.807, 2.05) is 0 Å². The Morgan fingerprint density at radius 2 is 1.43 bits per heavy atom. The molecule has 0 aliphatic carbocycles. The molecule has 1 fully saturated rings. The van der Waals surface area contributed by atoms with Crippen LogP contribution in [-0.4, -0.2) is 13.2 Å². The van der Waals surface area contributed by atoms with Crippen molar-refractivity contribution in [2.24, 2.45) is 0 Å². The molecule has 0 saturated carbocycles. The molecule has 1 saturated heterocycles. The minimum atomic E-state index is 0. The van der Waals surface area contributed by atoms with Gasteiger partial charge in [0.25, 0.3) is 0 Å². The minimum absolute atomic E-state index is 0. The zero-order valence-electron chi connectivity index (χ0n) is 4.65. The summed E-state index contributed by atoms with van der Waals surface area (Å²) in [5.74, 6) is 0. The maximum atomic E-state index is 5.07. The highest BCUT2D eigenvalue weighted by Crippen LogP contribution is 2.01. The Morgan fingerprint density at radius 1 is 0.857 bits per heavy atom. The van der Waals surface area contributed by atoms with Crippen molar-refractivity contribution in [1.82, 2.24) is 6.15 Å². The van der Waals surface area contributed by atoms with Crippen LogP contribution in [-0.2, 0) is 4.74 Å². The third-order valence-corrected chi connectivity index (χ3v) is 1.08. The Kier molecular flexibility index (Phi) is 4.04. The van der Waals surface area contributed by atoms with Gasteiger partial charge in [0.05, 0.1) is 0 Å². The molecule has 1 aliphatic heterocycles. The van der Waals surface area contributed by atoms with Crippen molar-refractivity contribution in [2.45, 2.75) is 19.3 Å². The predicted octanol–water partition coefficient (Wildman–Crippen LogP) is 1.35. The van der Waals surface area contributed by atoms with E-state index in [2.05, 4.69) is 0 Å². The fourth-order valence-corrected chi connectivity index (χ4v) is 0.687. The summed E-state index contributed by atoms with van der Waals surface area (Å²) < 4.78 is 5.07. The van der Waals surface area contributed by atoms with Crippen LogP contribution in [0.5, 0.6) is 0 Å². The maximum absolute atomic E-state index is 5.07. The Hall–Kier alpha value is -0.0800. The molecule has 2 heteroatoms. The van der Waals surface area contributed by atoms with Gasteiger partial charge in [-0.2, -0.15) is 0 Å². The third kappa shape index (κ3) is 2.60. The van der Waals surface area contributed by atoms with Gasteiger partial charge in [-0.15, -0.1) is 0 Å². The fraction of sp³-hybridized carbons (Fsp3) is 1.00. The van der Waals surface area contributed by atoms with E-state index in [0.717, 1.165) is 13.2 Å². The number of ether oxygens (including phenoxy) is 1. The van der Waals surface area contributed by atoms with E-state index in [9.17, 15) is 0 Å². The average molecular weight is 103 g/mol. The zero-order valence-corrected chi connectivity index (χ0v) is 4.65. The van der Waals surface area contributed by atoms with E-state index >= 15 is 0 Å². The van der Waals surface area contributed by atoms with Gasteiger partial charge in [0.1, 0.15) is 0 Å². The molecular weight excluding hydrogens is 90.1 g/mol. The first-order valence-electron chi connectivity index (χ1n) is 2.58. The van der Waals surface area contributed by atoms with Crippen LogP contribution in [0.15, 0.2) is 0 Å². The van der Waals surface area contributed by atoms with E-state index in [0.29, 0.717) is 0 Å². The van der Waals surface area contributed by atoms with Crippen LogP contribution in [0.2, 0.25) is 0 Å². The second-order valence-electron chi connectivity index (χ2n) is 1.67. The normalized spacial score (nSPS) is 20.6. The number of hydrogen-bond donors (Lipinski definition) is 1. The number of hydrogen-bond acceptors (Lipinski definition) is 2. The highest BCUT2D eigenvalue weighted by atomic mass is 16.5. The monoisotopic (exact) mass is 103 g/mol. The van der Waals surface area contributed by atoms with Gasteiger partial charge in [-0.1, -0.05) is 0 Å². The van der Waals surface area contributed by atoms with Gasteiger partial charge >= 0.3 is 0 Å². The summed E-state index contributed by atoms with van der Waals surface area (Å²) in [4.78, 5) is 0. The molecule has 0 bridgehead atoms. The molecule has 0 amide bonds. The highest BCUT2D eigenvalue weighted by molar-refractivity contribution is 4.45. The van der Waals surface area contributed by atoms with Crippen LogP contribution < -0.4 is 6.15 Å². The molecule has 0 unspecified atom stereocenters. The van der Waals surface area contributed by atoms with Gasteiger partial charge in [0.2, 0.25) is 0 Å². The van der Waals surface area contributed by atoms with Crippen molar-refractivity contribution in [3.05, 3.63) is 0 Å². The molecular formula is C5H13NO. The quantitative estimate of drug-likeness (QED) is 0.503. The lowest BCUT2D eigenvalue weighted by molar-refractivity contribution is 0.0968. The van der Waals surface area contributed by atoms with Crippen molar-refractivity contribution in [3.63, 3.8) is 0 Å². The zero-order chi connectivity index (χ0) is 4.24. The van der Waals surface area contributed by atoms with Crippen LogP contribution in [0.1, 0.15) is 19.3 Å². The molecule has 3 N–H and O–H groups in total. The second-order valence-corrected chi connectivity index (χ2v) is 1.67. The van der Waals surface area contributed by atoms with Gasteiger partial charge in [0, 0.05) is 13.2 Å². The van der Waals surface area contributed by atoms with Gasteiger partial charge in [-0.25, -0.2) is 0 Å². The van der Waals surface area contributed by atoms with Crippen molar-refractivity contribution >= 4 is 0 Å². The Morgan fingerprint density at radius 3 is 1.57 bits per heavy atom. The van der Waals surface area contributed by atoms with Crippen LogP contribution in [0.4, 0.5) is 0 Å². The summed E-state index contributed by atoms with van der Waals surface area (Å²) in [6.45, 7) is 2.00. The summed E-state index contributed by atoms with van der Waals surface area (Å²) in [5, 5.41) is 0. The molecule has 1 heterocycles. The third-order valence-electron chi connectivity index (χ3n) is 1.08. The van der Waals surface area contributed by atoms with Crippen molar-refractivity contribution in [3.8, 4) is 0 Å². The SMILES string of the molecule is C1CCOCC1.N. The smallest absolute Gasteiger partial charge is 0.0466 e. The first-order valence-corrected chi connectivity index (χ1v) is 2.58. The second kappa shape index (κ2) is 4.09. The fourth-order valence-electron chi connectivity index (χ4n) is 0.687. The molecule has 1 aliphatic rings. The van der Waals surface area contributed by atoms with E-state index in [-0.39, 0.29) is 6.15 Å². The number of rotatable bonds is 0. The predicted molar refractivity (Wildman–Crippen MR) is 29.7 cm³/mol. The van der Waals surface area contributed by atoms with Crippen molar-refractivity contribution in [2.75, 3.05) is 13.2 Å². The van der Waals surface area contributed by atoms with E-state index in [4.69, 9.17) is 4.74 Å². The summed E-state index contributed by atoms with van der Waals surface area (Å²) >= 11 is 0. The molecule has 1 rings (SSSR count). The molecule has 0 spiro atoms. The largest absolute Gasteiger partial charge is 0.381 e. The topological polar surface area (TPSA) is 44.2 Å². The lowest BCUT2D eigenvalue weighted by Crippen LogP contribution is -2.03. The molecule has 0 atom stereocenters. The summed E-state index contributed by atoms with van der Waals surface area (Å²) in [6.07, 6.45) is 3.93. The molecule has 0 aromatic carbocycles. The average Bonchev–Trinajstić information content (AvgIpc) is 1.72. The lowest BCUT2D eigenvalue weighted by atomic mass is 10.2. The molecule has 0 aromatic heterocycles. The van der Waals surface area contributed by atoms with E-state index < -0.39 is 0 Å². The van der Waals surface area contributed by atoms with Crippen molar-refractivity contribution < 1.29 is 4.74 Å². The standard InChI is InChI=1S/C5H10O.H3N/c1-2-4-6-5-3-1;/h1-5H2;1H3. The van der Waals surface area contributed by atoms with Gasteiger partial charge < -0.3 is 10.9 Å². The molecule has 44 valence electrons. The van der Waals surface area contributed by atoms with Crippen LogP contribution in [0.25, 0.3) is 0 Å². The summed E-state index contributed by atoms with van der Waals surface area (Å²) in [5.41, 5.74) is 0. The Bertz CT molecular complexity index is 23.6. The van der Waals surface area contributed by atoms with Crippen LogP contribution in [0, 0.1) is 0 Å². The van der Waals surface area contributed by atoms with E-state index in [1.165, 1.54) is 19.3 Å². The highest BCUT2D eigenvalue weighted by Gasteiger charge is 1.94. The minimum Gasteiger partial charge on any atom is -0.381 e. The van der Waals surface area contributed by atoms with Crippen LogP contribution >= 0.6 is 0 Å². The molecule has 0 radical (unpaired) electrons.